The molecule has 0 saturated carbocycles. The molecule has 2 heterocycles. The van der Waals surface area contributed by atoms with Crippen molar-refractivity contribution in [2.75, 3.05) is 6.61 Å². The molecule has 0 aliphatic carbocycles. The van der Waals surface area contributed by atoms with Crippen LogP contribution in [0.25, 0.3) is 16.9 Å². The second kappa shape index (κ2) is 6.15. The van der Waals surface area contributed by atoms with Crippen LogP contribution in [-0.4, -0.2) is 37.5 Å². The summed E-state index contributed by atoms with van der Waals surface area (Å²) < 4.78 is 6.60. The van der Waals surface area contributed by atoms with Crippen molar-refractivity contribution in [2.24, 2.45) is 0 Å². The van der Waals surface area contributed by atoms with E-state index in [9.17, 15) is 9.59 Å². The van der Waals surface area contributed by atoms with Crippen molar-refractivity contribution >= 4 is 11.6 Å². The highest BCUT2D eigenvalue weighted by molar-refractivity contribution is 5.74. The van der Waals surface area contributed by atoms with Gasteiger partial charge in [0.05, 0.1) is 13.0 Å². The molecule has 0 amide bonds. The zero-order valence-electron chi connectivity index (χ0n) is 13.2. The Morgan fingerprint density at radius 1 is 1.29 bits per heavy atom. The second-order valence-corrected chi connectivity index (χ2v) is 5.26. The number of carboxylic acids is 1. The fraction of sp³-hybridized carbons (Fsp3) is 0.250. The van der Waals surface area contributed by atoms with Crippen LogP contribution in [-0.2, 0) is 11.2 Å². The van der Waals surface area contributed by atoms with E-state index in [1.54, 1.807) is 31.2 Å². The van der Waals surface area contributed by atoms with Crippen LogP contribution >= 0.6 is 0 Å². The molecule has 1 aromatic carbocycles. The van der Waals surface area contributed by atoms with Crippen molar-refractivity contribution < 1.29 is 14.6 Å². The van der Waals surface area contributed by atoms with Gasteiger partial charge in [-0.1, -0.05) is 0 Å². The zero-order chi connectivity index (χ0) is 17.3. The number of nitrogens with one attached hydrogen (secondary N) is 1. The number of ether oxygens (including phenoxy) is 1. The van der Waals surface area contributed by atoms with E-state index in [1.807, 2.05) is 6.92 Å². The Labute approximate surface area is 136 Å². The highest BCUT2D eigenvalue weighted by Gasteiger charge is 2.17. The van der Waals surface area contributed by atoms with Crippen LogP contribution < -0.4 is 10.3 Å². The number of aromatic nitrogens is 4. The number of rotatable bonds is 5. The van der Waals surface area contributed by atoms with Gasteiger partial charge in [0.1, 0.15) is 5.75 Å². The van der Waals surface area contributed by atoms with Crippen molar-refractivity contribution in [3.63, 3.8) is 0 Å². The number of nitrogens with zero attached hydrogens (tertiary/aromatic N) is 3. The lowest BCUT2D eigenvalue weighted by atomic mass is 10.1. The average molecular weight is 328 g/mol. The SMILES string of the molecule is CCOc1ccc(-c2nnc3c(CC(=O)O)c(C)[nH]n3c2=O)cc1. The van der Waals surface area contributed by atoms with E-state index in [-0.39, 0.29) is 23.3 Å². The number of aromatic amines is 1. The van der Waals surface area contributed by atoms with Crippen molar-refractivity contribution in [1.29, 1.82) is 0 Å². The van der Waals surface area contributed by atoms with E-state index in [4.69, 9.17) is 9.84 Å². The van der Waals surface area contributed by atoms with Crippen LogP contribution in [0.2, 0.25) is 0 Å². The van der Waals surface area contributed by atoms with Gasteiger partial charge < -0.3 is 9.84 Å². The molecule has 3 rings (SSSR count). The summed E-state index contributed by atoms with van der Waals surface area (Å²) in [7, 11) is 0. The number of fused-ring (bicyclic) bond motifs is 1. The fourth-order valence-electron chi connectivity index (χ4n) is 2.51. The van der Waals surface area contributed by atoms with Crippen molar-refractivity contribution in [1.82, 2.24) is 19.8 Å². The molecule has 8 heteroatoms. The Hall–Kier alpha value is -3.16. The first-order chi connectivity index (χ1) is 11.5. The van der Waals surface area contributed by atoms with Gasteiger partial charge >= 0.3 is 5.97 Å². The molecule has 0 fully saturated rings. The van der Waals surface area contributed by atoms with Gasteiger partial charge in [-0.2, -0.15) is 4.52 Å². The minimum atomic E-state index is -0.996. The largest absolute Gasteiger partial charge is 0.494 e. The minimum absolute atomic E-state index is 0.179. The first-order valence-corrected chi connectivity index (χ1v) is 7.43. The second-order valence-electron chi connectivity index (χ2n) is 5.26. The summed E-state index contributed by atoms with van der Waals surface area (Å²) in [5, 5.41) is 19.9. The molecule has 124 valence electrons. The minimum Gasteiger partial charge on any atom is -0.494 e. The number of aliphatic carboxylic acids is 1. The molecule has 0 aliphatic rings. The Morgan fingerprint density at radius 3 is 2.62 bits per heavy atom. The van der Waals surface area contributed by atoms with Crippen LogP contribution in [0.3, 0.4) is 0 Å². The lowest BCUT2D eigenvalue weighted by Crippen LogP contribution is -2.19. The summed E-state index contributed by atoms with van der Waals surface area (Å²) in [6.45, 7) is 4.15. The van der Waals surface area contributed by atoms with Gasteiger partial charge in [0.15, 0.2) is 11.3 Å². The van der Waals surface area contributed by atoms with Crippen LogP contribution in [0.1, 0.15) is 18.2 Å². The first kappa shape index (κ1) is 15.7. The molecular formula is C16H16N4O4. The van der Waals surface area contributed by atoms with E-state index < -0.39 is 5.97 Å². The van der Waals surface area contributed by atoms with E-state index >= 15 is 0 Å². The maximum atomic E-state index is 12.6. The fourth-order valence-corrected chi connectivity index (χ4v) is 2.51. The zero-order valence-corrected chi connectivity index (χ0v) is 13.2. The molecule has 3 aromatic rings. The van der Waals surface area contributed by atoms with E-state index in [2.05, 4.69) is 15.3 Å². The normalized spacial score (nSPS) is 10.9. The molecule has 2 aromatic heterocycles. The molecule has 0 atom stereocenters. The molecule has 0 bridgehead atoms. The standard InChI is InChI=1S/C16H16N4O4/c1-3-24-11-6-4-10(5-7-11)14-16(23)20-15(18-17-14)12(8-13(21)22)9(2)19-20/h4-7,19H,3,8H2,1-2H3,(H,21,22). The van der Waals surface area contributed by atoms with Crippen LogP contribution in [0, 0.1) is 6.92 Å². The highest BCUT2D eigenvalue weighted by atomic mass is 16.5. The summed E-state index contributed by atoms with van der Waals surface area (Å²) in [4.78, 5) is 23.6. The summed E-state index contributed by atoms with van der Waals surface area (Å²) in [6, 6.07) is 6.97. The van der Waals surface area contributed by atoms with Gasteiger partial charge in [-0.05, 0) is 38.1 Å². The van der Waals surface area contributed by atoms with Gasteiger partial charge in [0, 0.05) is 16.8 Å². The van der Waals surface area contributed by atoms with Crippen molar-refractivity contribution in [3.8, 4) is 17.0 Å². The van der Waals surface area contributed by atoms with Crippen LogP contribution in [0.15, 0.2) is 29.1 Å². The number of H-pyrrole nitrogens is 1. The summed E-state index contributed by atoms with van der Waals surface area (Å²) >= 11 is 0. The van der Waals surface area contributed by atoms with E-state index in [1.165, 1.54) is 4.52 Å². The third kappa shape index (κ3) is 2.73. The Morgan fingerprint density at radius 2 is 2.00 bits per heavy atom. The lowest BCUT2D eigenvalue weighted by molar-refractivity contribution is -0.136. The number of hydrogen-bond acceptors (Lipinski definition) is 5. The van der Waals surface area contributed by atoms with Crippen molar-refractivity contribution in [3.05, 3.63) is 45.9 Å². The number of carboxylic acid groups (broad SMARTS) is 1. The maximum absolute atomic E-state index is 12.6. The molecule has 2 N–H and O–H groups in total. The molecule has 24 heavy (non-hydrogen) atoms. The number of carbonyl (C=O) groups is 1. The Kier molecular flexibility index (Phi) is 4.03. The van der Waals surface area contributed by atoms with Gasteiger partial charge in [0.25, 0.3) is 5.56 Å². The Balaban J connectivity index is 2.09. The highest BCUT2D eigenvalue weighted by Crippen LogP contribution is 2.19. The number of benzene rings is 1. The molecule has 0 saturated heterocycles. The van der Waals surface area contributed by atoms with Gasteiger partial charge in [-0.15, -0.1) is 10.2 Å². The molecule has 0 spiro atoms. The summed E-state index contributed by atoms with van der Waals surface area (Å²) in [5.74, 6) is -0.292. The monoisotopic (exact) mass is 328 g/mol. The van der Waals surface area contributed by atoms with Crippen LogP contribution in [0.5, 0.6) is 5.75 Å². The van der Waals surface area contributed by atoms with Gasteiger partial charge in [0.2, 0.25) is 0 Å². The summed E-state index contributed by atoms with van der Waals surface area (Å²) in [5.41, 5.74) is 1.66. The summed E-state index contributed by atoms with van der Waals surface area (Å²) in [6.07, 6.45) is -0.227. The quantitative estimate of drug-likeness (QED) is 0.733. The Bertz CT molecular complexity index is 957. The average Bonchev–Trinajstić information content (AvgIpc) is 2.86. The number of aryl methyl sites for hydroxylation is 1. The third-order valence-electron chi connectivity index (χ3n) is 3.63. The molecule has 8 nitrogen and oxygen atoms in total. The maximum Gasteiger partial charge on any atom is 0.308 e. The molecule has 0 aliphatic heterocycles. The first-order valence-electron chi connectivity index (χ1n) is 7.43. The third-order valence-corrected chi connectivity index (χ3v) is 3.63. The van der Waals surface area contributed by atoms with E-state index in [0.29, 0.717) is 29.2 Å². The van der Waals surface area contributed by atoms with E-state index in [0.717, 1.165) is 0 Å². The van der Waals surface area contributed by atoms with Gasteiger partial charge in [-0.25, -0.2) is 0 Å². The smallest absolute Gasteiger partial charge is 0.308 e. The predicted molar refractivity (Wildman–Crippen MR) is 86.3 cm³/mol. The lowest BCUT2D eigenvalue weighted by Gasteiger charge is -2.04. The molecule has 0 unspecified atom stereocenters. The molecule has 0 radical (unpaired) electrons. The van der Waals surface area contributed by atoms with Crippen molar-refractivity contribution in [2.45, 2.75) is 20.3 Å². The number of hydrogen-bond donors (Lipinski definition) is 2. The predicted octanol–water partition coefficient (Wildman–Crippen LogP) is 1.42. The van der Waals surface area contributed by atoms with Crippen LogP contribution in [0.4, 0.5) is 0 Å². The molecular weight excluding hydrogens is 312 g/mol. The van der Waals surface area contributed by atoms with Gasteiger partial charge in [-0.3, -0.25) is 14.7 Å². The topological polar surface area (TPSA) is 110 Å².